The molecule has 0 radical (unpaired) electrons. The molecule has 1 amide bonds. The summed E-state index contributed by atoms with van der Waals surface area (Å²) in [6.07, 6.45) is -5.05. The Bertz CT molecular complexity index is 441. The number of methoxy groups -OCH3 is 2. The van der Waals surface area contributed by atoms with Crippen LogP contribution < -0.4 is 5.32 Å². The summed E-state index contributed by atoms with van der Waals surface area (Å²) in [7, 11) is 2.85. The quantitative estimate of drug-likeness (QED) is 0.848. The van der Waals surface area contributed by atoms with Crippen molar-refractivity contribution in [3.8, 4) is 0 Å². The lowest BCUT2D eigenvalue weighted by Gasteiger charge is -2.22. The van der Waals surface area contributed by atoms with E-state index in [-0.39, 0.29) is 5.56 Å². The number of carbonyl (C=O) groups excluding carboxylic acids is 1. The Labute approximate surface area is 114 Å². The highest BCUT2D eigenvalue weighted by Gasteiger charge is 2.30. The summed E-state index contributed by atoms with van der Waals surface area (Å²) in [4.78, 5) is 11.8. The van der Waals surface area contributed by atoms with Crippen molar-refractivity contribution in [3.05, 3.63) is 35.4 Å². The van der Waals surface area contributed by atoms with Gasteiger partial charge in [-0.1, -0.05) is 0 Å². The second kappa shape index (κ2) is 6.71. The first kappa shape index (κ1) is 16.5. The maximum Gasteiger partial charge on any atom is 0.416 e. The van der Waals surface area contributed by atoms with Gasteiger partial charge in [0.15, 0.2) is 6.29 Å². The lowest BCUT2D eigenvalue weighted by Crippen LogP contribution is -2.42. The Hall–Kier alpha value is -1.60. The number of nitrogens with one attached hydrogen (secondary N) is 1. The monoisotopic (exact) mass is 291 g/mol. The molecule has 0 saturated heterocycles. The maximum absolute atomic E-state index is 12.4. The molecule has 0 heterocycles. The van der Waals surface area contributed by atoms with E-state index in [1.54, 1.807) is 6.92 Å². The Balaban J connectivity index is 2.73. The zero-order chi connectivity index (χ0) is 15.3. The lowest BCUT2D eigenvalue weighted by atomic mass is 10.1. The SMILES string of the molecule is COC(OC)C(C)NC(=O)c1ccc(C(F)(F)F)cc1. The van der Waals surface area contributed by atoms with E-state index in [2.05, 4.69) is 5.32 Å². The average molecular weight is 291 g/mol. The first-order valence-corrected chi connectivity index (χ1v) is 5.83. The topological polar surface area (TPSA) is 47.6 Å². The molecular formula is C13H16F3NO3. The van der Waals surface area contributed by atoms with Crippen LogP contribution in [0, 0.1) is 0 Å². The van der Waals surface area contributed by atoms with Crippen LogP contribution in [0.3, 0.4) is 0 Å². The molecule has 1 aromatic carbocycles. The molecule has 1 unspecified atom stereocenters. The molecule has 4 nitrogen and oxygen atoms in total. The highest BCUT2D eigenvalue weighted by Crippen LogP contribution is 2.29. The lowest BCUT2D eigenvalue weighted by molar-refractivity contribution is -0.137. The van der Waals surface area contributed by atoms with Crippen LogP contribution in [-0.2, 0) is 15.7 Å². The van der Waals surface area contributed by atoms with Gasteiger partial charge in [0.05, 0.1) is 11.6 Å². The summed E-state index contributed by atoms with van der Waals surface area (Å²) in [6, 6.07) is 3.53. The van der Waals surface area contributed by atoms with Crippen molar-refractivity contribution < 1.29 is 27.4 Å². The molecule has 1 rings (SSSR count). The summed E-state index contributed by atoms with van der Waals surface area (Å²) < 4.78 is 47.1. The molecule has 112 valence electrons. The summed E-state index contributed by atoms with van der Waals surface area (Å²) in [5.41, 5.74) is -0.662. The molecule has 0 fully saturated rings. The van der Waals surface area contributed by atoms with Crippen molar-refractivity contribution in [1.29, 1.82) is 0 Å². The standard InChI is InChI=1S/C13H16F3NO3/c1-8(12(19-2)20-3)17-11(18)9-4-6-10(7-5-9)13(14,15)16/h4-8,12H,1-3H3,(H,17,18). The van der Waals surface area contributed by atoms with Gasteiger partial charge in [-0.2, -0.15) is 13.2 Å². The number of rotatable bonds is 5. The fourth-order valence-corrected chi connectivity index (χ4v) is 1.67. The molecule has 0 aromatic heterocycles. The van der Waals surface area contributed by atoms with E-state index in [0.717, 1.165) is 24.3 Å². The second-order valence-corrected chi connectivity index (χ2v) is 4.18. The molecule has 1 N–H and O–H groups in total. The van der Waals surface area contributed by atoms with Crippen LogP contribution in [0.1, 0.15) is 22.8 Å². The largest absolute Gasteiger partial charge is 0.416 e. The van der Waals surface area contributed by atoms with E-state index in [9.17, 15) is 18.0 Å². The van der Waals surface area contributed by atoms with Crippen molar-refractivity contribution in [2.75, 3.05) is 14.2 Å². The summed E-state index contributed by atoms with van der Waals surface area (Å²) in [5.74, 6) is -0.495. The van der Waals surface area contributed by atoms with Gasteiger partial charge in [0.25, 0.3) is 5.91 Å². The molecule has 0 aliphatic heterocycles. The zero-order valence-corrected chi connectivity index (χ0v) is 11.3. The van der Waals surface area contributed by atoms with Gasteiger partial charge in [0.1, 0.15) is 0 Å². The first-order valence-electron chi connectivity index (χ1n) is 5.83. The van der Waals surface area contributed by atoms with E-state index < -0.39 is 30.0 Å². The smallest absolute Gasteiger partial charge is 0.354 e. The molecule has 0 bridgehead atoms. The third-order valence-corrected chi connectivity index (χ3v) is 2.71. The van der Waals surface area contributed by atoms with Gasteiger partial charge in [0, 0.05) is 19.8 Å². The minimum Gasteiger partial charge on any atom is -0.354 e. The molecule has 1 atom stereocenters. The number of benzene rings is 1. The van der Waals surface area contributed by atoms with Gasteiger partial charge in [-0.3, -0.25) is 4.79 Å². The molecule has 0 aliphatic carbocycles. The predicted octanol–water partition coefficient (Wildman–Crippen LogP) is 2.44. The van der Waals surface area contributed by atoms with Gasteiger partial charge < -0.3 is 14.8 Å². The predicted molar refractivity (Wildman–Crippen MR) is 66.2 cm³/mol. The third kappa shape index (κ3) is 4.21. The van der Waals surface area contributed by atoms with Crippen LogP contribution in [0.5, 0.6) is 0 Å². The fourth-order valence-electron chi connectivity index (χ4n) is 1.67. The van der Waals surface area contributed by atoms with E-state index in [1.807, 2.05) is 0 Å². The summed E-state index contributed by atoms with van der Waals surface area (Å²) >= 11 is 0. The van der Waals surface area contributed by atoms with E-state index >= 15 is 0 Å². The Morgan fingerprint density at radius 2 is 1.65 bits per heavy atom. The Morgan fingerprint density at radius 3 is 2.05 bits per heavy atom. The average Bonchev–Trinajstić information content (AvgIpc) is 2.39. The van der Waals surface area contributed by atoms with Gasteiger partial charge in [-0.15, -0.1) is 0 Å². The Kier molecular flexibility index (Phi) is 5.52. The molecule has 7 heteroatoms. The highest BCUT2D eigenvalue weighted by molar-refractivity contribution is 5.94. The molecule has 20 heavy (non-hydrogen) atoms. The first-order chi connectivity index (χ1) is 9.29. The number of carbonyl (C=O) groups is 1. The number of amides is 1. The molecule has 0 aliphatic rings. The van der Waals surface area contributed by atoms with Gasteiger partial charge >= 0.3 is 6.18 Å². The summed E-state index contributed by atoms with van der Waals surface area (Å²) in [5, 5.41) is 2.59. The van der Waals surface area contributed by atoms with Crippen LogP contribution in [-0.4, -0.2) is 32.5 Å². The molecule has 0 saturated carbocycles. The van der Waals surface area contributed by atoms with Crippen molar-refractivity contribution >= 4 is 5.91 Å². The number of alkyl halides is 3. The minimum absolute atomic E-state index is 0.135. The van der Waals surface area contributed by atoms with Crippen LogP contribution in [0.2, 0.25) is 0 Å². The van der Waals surface area contributed by atoms with Crippen molar-refractivity contribution in [3.63, 3.8) is 0 Å². The van der Waals surface area contributed by atoms with E-state index in [1.165, 1.54) is 14.2 Å². The third-order valence-electron chi connectivity index (χ3n) is 2.71. The van der Waals surface area contributed by atoms with Crippen LogP contribution >= 0.6 is 0 Å². The Morgan fingerprint density at radius 1 is 1.15 bits per heavy atom. The van der Waals surface area contributed by atoms with Crippen LogP contribution in [0.25, 0.3) is 0 Å². The number of halogens is 3. The molecule has 1 aromatic rings. The fraction of sp³-hybridized carbons (Fsp3) is 0.462. The van der Waals surface area contributed by atoms with E-state index in [0.29, 0.717) is 0 Å². The van der Waals surface area contributed by atoms with Gasteiger partial charge in [-0.05, 0) is 31.2 Å². The normalized spacial score (nSPS) is 13.3. The van der Waals surface area contributed by atoms with Crippen molar-refractivity contribution in [2.24, 2.45) is 0 Å². The van der Waals surface area contributed by atoms with Crippen molar-refractivity contribution in [1.82, 2.24) is 5.32 Å². The number of hydrogen-bond acceptors (Lipinski definition) is 3. The van der Waals surface area contributed by atoms with Gasteiger partial charge in [0.2, 0.25) is 0 Å². The minimum atomic E-state index is -4.42. The molecule has 0 spiro atoms. The number of ether oxygens (including phenoxy) is 2. The van der Waals surface area contributed by atoms with Crippen LogP contribution in [0.4, 0.5) is 13.2 Å². The summed E-state index contributed by atoms with van der Waals surface area (Å²) in [6.45, 7) is 1.67. The maximum atomic E-state index is 12.4. The van der Waals surface area contributed by atoms with E-state index in [4.69, 9.17) is 9.47 Å². The number of hydrogen-bond donors (Lipinski definition) is 1. The van der Waals surface area contributed by atoms with Crippen LogP contribution in [0.15, 0.2) is 24.3 Å². The van der Waals surface area contributed by atoms with Crippen molar-refractivity contribution in [2.45, 2.75) is 25.4 Å². The molecular weight excluding hydrogens is 275 g/mol. The van der Waals surface area contributed by atoms with Gasteiger partial charge in [-0.25, -0.2) is 0 Å². The highest BCUT2D eigenvalue weighted by atomic mass is 19.4. The zero-order valence-electron chi connectivity index (χ0n) is 11.3. The second-order valence-electron chi connectivity index (χ2n) is 4.18.